The number of carbonyl (C=O) groups excluding carboxylic acids is 2. The largest absolute Gasteiger partial charge is 0.494 e. The minimum atomic E-state index is -0.564. The number of carbonyl (C=O) groups is 2. The number of rotatable bonds is 6. The lowest BCUT2D eigenvalue weighted by Crippen LogP contribution is -2.45. The molecule has 2 aliphatic rings. The Morgan fingerprint density at radius 3 is 2.81 bits per heavy atom. The molecule has 7 heteroatoms. The first-order valence-corrected chi connectivity index (χ1v) is 9.80. The molecule has 0 bridgehead atoms. The number of amides is 1. The van der Waals surface area contributed by atoms with Gasteiger partial charge in [0, 0.05) is 12.2 Å². The lowest BCUT2D eigenvalue weighted by molar-refractivity contribution is -0.139. The summed E-state index contributed by atoms with van der Waals surface area (Å²) in [6, 6.07) is 6.87. The zero-order valence-corrected chi connectivity index (χ0v) is 16.3. The SMILES string of the molecule is C=CCOC(=O)C1=C(C)N=C2SCCC(=O)N2[C@@H]1c1ccc(OCC)cc1. The first-order valence-electron chi connectivity index (χ1n) is 8.82. The molecule has 0 aromatic heterocycles. The molecule has 0 unspecified atom stereocenters. The van der Waals surface area contributed by atoms with Crippen LogP contribution >= 0.6 is 11.8 Å². The first kappa shape index (κ1) is 19.2. The normalized spacial score (nSPS) is 19.3. The van der Waals surface area contributed by atoms with Crippen molar-refractivity contribution >= 4 is 28.8 Å². The molecule has 1 amide bonds. The summed E-state index contributed by atoms with van der Waals surface area (Å²) >= 11 is 1.52. The molecular weight excluding hydrogens is 364 g/mol. The fourth-order valence-corrected chi connectivity index (χ4v) is 4.11. The zero-order chi connectivity index (χ0) is 19.4. The number of amidine groups is 1. The Kier molecular flexibility index (Phi) is 6.01. The number of ether oxygens (including phenoxy) is 2. The van der Waals surface area contributed by atoms with Crippen LogP contribution < -0.4 is 4.74 Å². The van der Waals surface area contributed by atoms with E-state index in [1.807, 2.05) is 31.2 Å². The van der Waals surface area contributed by atoms with Gasteiger partial charge in [0.2, 0.25) is 5.91 Å². The highest BCUT2D eigenvalue weighted by atomic mass is 32.2. The van der Waals surface area contributed by atoms with Gasteiger partial charge < -0.3 is 9.47 Å². The lowest BCUT2D eigenvalue weighted by Gasteiger charge is -2.38. The Morgan fingerprint density at radius 2 is 2.15 bits per heavy atom. The monoisotopic (exact) mass is 386 g/mol. The van der Waals surface area contributed by atoms with E-state index in [1.54, 1.807) is 11.8 Å². The zero-order valence-electron chi connectivity index (χ0n) is 15.4. The number of thioether (sulfide) groups is 1. The van der Waals surface area contributed by atoms with Crippen LogP contribution in [0.25, 0.3) is 0 Å². The quantitative estimate of drug-likeness (QED) is 0.553. The van der Waals surface area contributed by atoms with Crippen LogP contribution in [0.15, 0.2) is 53.2 Å². The van der Waals surface area contributed by atoms with Gasteiger partial charge in [0.25, 0.3) is 0 Å². The van der Waals surface area contributed by atoms with E-state index in [0.29, 0.717) is 35.2 Å². The van der Waals surface area contributed by atoms with Gasteiger partial charge in [-0.1, -0.05) is 36.5 Å². The summed E-state index contributed by atoms with van der Waals surface area (Å²) in [5.74, 6) is 0.889. The van der Waals surface area contributed by atoms with Gasteiger partial charge in [-0.15, -0.1) is 0 Å². The van der Waals surface area contributed by atoms with Crippen LogP contribution in [0, 0.1) is 0 Å². The van der Waals surface area contributed by atoms with E-state index in [0.717, 1.165) is 11.3 Å². The van der Waals surface area contributed by atoms with E-state index < -0.39 is 12.0 Å². The summed E-state index contributed by atoms with van der Waals surface area (Å²) in [7, 11) is 0. The summed E-state index contributed by atoms with van der Waals surface area (Å²) in [6.07, 6.45) is 1.92. The van der Waals surface area contributed by atoms with E-state index in [4.69, 9.17) is 9.47 Å². The molecule has 2 aliphatic heterocycles. The molecule has 27 heavy (non-hydrogen) atoms. The fourth-order valence-electron chi connectivity index (χ4n) is 3.10. The van der Waals surface area contributed by atoms with Crippen molar-refractivity contribution < 1.29 is 19.1 Å². The van der Waals surface area contributed by atoms with Crippen molar-refractivity contribution in [2.24, 2.45) is 4.99 Å². The number of aliphatic imine (C=N–C) groups is 1. The lowest BCUT2D eigenvalue weighted by atomic mass is 9.94. The highest BCUT2D eigenvalue weighted by Crippen LogP contribution is 2.40. The van der Waals surface area contributed by atoms with Crippen molar-refractivity contribution in [3.63, 3.8) is 0 Å². The Balaban J connectivity index is 2.06. The van der Waals surface area contributed by atoms with Crippen molar-refractivity contribution in [3.05, 3.63) is 53.8 Å². The summed E-state index contributed by atoms with van der Waals surface area (Å²) in [5, 5.41) is 0.628. The second-order valence-corrected chi connectivity index (χ2v) is 7.11. The van der Waals surface area contributed by atoms with Gasteiger partial charge in [-0.25, -0.2) is 9.79 Å². The van der Waals surface area contributed by atoms with Crippen LogP contribution in [0.3, 0.4) is 0 Å². The summed E-state index contributed by atoms with van der Waals surface area (Å²) in [5.41, 5.74) is 1.75. The van der Waals surface area contributed by atoms with Crippen molar-refractivity contribution in [2.45, 2.75) is 26.3 Å². The fraction of sp³-hybridized carbons (Fsp3) is 0.350. The minimum Gasteiger partial charge on any atom is -0.494 e. The van der Waals surface area contributed by atoms with Crippen molar-refractivity contribution in [3.8, 4) is 5.75 Å². The molecule has 0 radical (unpaired) electrons. The summed E-state index contributed by atoms with van der Waals surface area (Å²) in [4.78, 5) is 31.5. The van der Waals surface area contributed by atoms with Gasteiger partial charge in [-0.2, -0.15) is 0 Å². The molecule has 2 heterocycles. The number of hydrogen-bond donors (Lipinski definition) is 0. The molecule has 1 saturated heterocycles. The standard InChI is InChI=1S/C20H22N2O4S/c1-4-11-26-19(24)17-13(3)21-20-22(16(23)10-12-27-20)18(17)14-6-8-15(9-7-14)25-5-2/h4,6-9,18H,1,5,10-12H2,2-3H3/t18-/m1/s1. The second-order valence-electron chi connectivity index (χ2n) is 6.05. The van der Waals surface area contributed by atoms with Crippen molar-refractivity contribution in [2.75, 3.05) is 19.0 Å². The predicted molar refractivity (Wildman–Crippen MR) is 106 cm³/mol. The molecule has 0 aliphatic carbocycles. The van der Waals surface area contributed by atoms with Crippen LogP contribution in [0.1, 0.15) is 31.9 Å². The van der Waals surface area contributed by atoms with E-state index >= 15 is 0 Å². The van der Waals surface area contributed by atoms with E-state index in [-0.39, 0.29) is 12.5 Å². The summed E-state index contributed by atoms with van der Waals surface area (Å²) < 4.78 is 10.8. The minimum absolute atomic E-state index is 0.0482. The smallest absolute Gasteiger partial charge is 0.338 e. The molecule has 0 N–H and O–H groups in total. The molecule has 0 spiro atoms. The van der Waals surface area contributed by atoms with Crippen LogP contribution in [-0.4, -0.2) is 40.9 Å². The Hall–Kier alpha value is -2.54. The number of allylic oxidation sites excluding steroid dienone is 1. The topological polar surface area (TPSA) is 68.2 Å². The number of hydrogen-bond acceptors (Lipinski definition) is 6. The van der Waals surface area contributed by atoms with Gasteiger partial charge in [-0.05, 0) is 31.5 Å². The molecule has 1 aromatic rings. The maximum Gasteiger partial charge on any atom is 0.338 e. The second kappa shape index (κ2) is 8.43. The molecule has 6 nitrogen and oxygen atoms in total. The summed E-state index contributed by atoms with van der Waals surface area (Å²) in [6.45, 7) is 7.94. The Bertz CT molecular complexity index is 814. The molecule has 1 aromatic carbocycles. The van der Waals surface area contributed by atoms with Gasteiger partial charge in [0.15, 0.2) is 5.17 Å². The third-order valence-corrected chi connectivity index (χ3v) is 5.22. The van der Waals surface area contributed by atoms with Crippen LogP contribution in [0.2, 0.25) is 0 Å². The van der Waals surface area contributed by atoms with Crippen molar-refractivity contribution in [1.29, 1.82) is 0 Å². The third-order valence-electron chi connectivity index (χ3n) is 4.27. The molecular formula is C20H22N2O4S. The number of benzene rings is 1. The molecule has 142 valence electrons. The number of esters is 1. The van der Waals surface area contributed by atoms with Gasteiger partial charge in [0.1, 0.15) is 12.4 Å². The van der Waals surface area contributed by atoms with E-state index in [1.165, 1.54) is 17.8 Å². The first-order chi connectivity index (χ1) is 13.1. The highest BCUT2D eigenvalue weighted by molar-refractivity contribution is 8.14. The molecule has 1 fully saturated rings. The molecule has 1 atom stereocenters. The maximum atomic E-state index is 12.7. The van der Waals surface area contributed by atoms with Gasteiger partial charge in [-0.3, -0.25) is 9.69 Å². The average Bonchev–Trinajstić information content (AvgIpc) is 2.66. The van der Waals surface area contributed by atoms with Crippen LogP contribution in [0.4, 0.5) is 0 Å². The number of fused-ring (bicyclic) bond motifs is 1. The van der Waals surface area contributed by atoms with E-state index in [9.17, 15) is 9.59 Å². The Morgan fingerprint density at radius 1 is 1.41 bits per heavy atom. The van der Waals surface area contributed by atoms with Gasteiger partial charge >= 0.3 is 5.97 Å². The van der Waals surface area contributed by atoms with Crippen molar-refractivity contribution in [1.82, 2.24) is 4.90 Å². The predicted octanol–water partition coefficient (Wildman–Crippen LogP) is 3.46. The van der Waals surface area contributed by atoms with E-state index in [2.05, 4.69) is 11.6 Å². The molecule has 0 saturated carbocycles. The number of nitrogens with zero attached hydrogens (tertiary/aromatic N) is 2. The van der Waals surface area contributed by atoms with Crippen LogP contribution in [0.5, 0.6) is 5.75 Å². The highest BCUT2D eigenvalue weighted by Gasteiger charge is 2.41. The average molecular weight is 386 g/mol. The maximum absolute atomic E-state index is 12.7. The van der Waals surface area contributed by atoms with Gasteiger partial charge in [0.05, 0.1) is 23.9 Å². The Labute approximate surface area is 162 Å². The van der Waals surface area contributed by atoms with Crippen LogP contribution in [-0.2, 0) is 14.3 Å². The third kappa shape index (κ3) is 3.93. The molecule has 3 rings (SSSR count).